The summed E-state index contributed by atoms with van der Waals surface area (Å²) in [6.45, 7) is 1.86. The number of nitrogen functional groups attached to an aromatic ring is 2. The fraction of sp³-hybridized carbons (Fsp3) is 0.0909. The van der Waals surface area contributed by atoms with Gasteiger partial charge in [0.2, 0.25) is 5.91 Å². The van der Waals surface area contributed by atoms with Crippen molar-refractivity contribution >= 4 is 59.0 Å². The highest BCUT2D eigenvalue weighted by Crippen LogP contribution is 2.36. The van der Waals surface area contributed by atoms with Gasteiger partial charge in [-0.25, -0.2) is 0 Å². The number of fused-ring (bicyclic) bond motifs is 1. The molecule has 1 unspecified atom stereocenters. The molecule has 0 bridgehead atoms. The number of rotatable bonds is 2. The van der Waals surface area contributed by atoms with Crippen molar-refractivity contribution < 1.29 is 9.59 Å². The molecule has 3 aromatic carbocycles. The average Bonchev–Trinajstić information content (AvgIpc) is 2.71. The van der Waals surface area contributed by atoms with Gasteiger partial charge in [0.1, 0.15) is 0 Å². The van der Waals surface area contributed by atoms with Crippen LogP contribution in [0.5, 0.6) is 0 Å². The van der Waals surface area contributed by atoms with Gasteiger partial charge in [-0.1, -0.05) is 6.07 Å². The first-order valence-electron chi connectivity index (χ1n) is 9.15. The zero-order valence-corrected chi connectivity index (χ0v) is 18.0. The van der Waals surface area contributed by atoms with E-state index >= 15 is 0 Å². The lowest BCUT2D eigenvalue weighted by Gasteiger charge is -2.21. The molecule has 1 atom stereocenters. The smallest absolute Gasteiger partial charge is 0.255 e. The monoisotopic (exact) mass is 438 g/mol. The average molecular weight is 439 g/mol. The van der Waals surface area contributed by atoms with Gasteiger partial charge in [-0.05, 0) is 67.6 Å². The maximum Gasteiger partial charge on any atom is 0.255 e. The van der Waals surface area contributed by atoms with Crippen LogP contribution in [-0.4, -0.2) is 17.1 Å². The van der Waals surface area contributed by atoms with Crippen LogP contribution in [0.25, 0.3) is 0 Å². The van der Waals surface area contributed by atoms with E-state index in [4.69, 9.17) is 11.5 Å². The number of thioether (sulfide) groups is 1. The number of carbonyl (C=O) groups is 2. The van der Waals surface area contributed by atoms with E-state index in [0.717, 1.165) is 21.2 Å². The number of amides is 2. The molecule has 6 nitrogen and oxygen atoms in total. The molecule has 0 saturated heterocycles. The maximum atomic E-state index is 12.3. The first-order valence-corrected chi connectivity index (χ1v) is 10.5. The van der Waals surface area contributed by atoms with E-state index in [1.807, 2.05) is 25.1 Å². The standard InChI is InChI=1S/C16H14N2O2S2.C6H8N2/c1-9-15(19)18-13-7-10(5-6-14(13)22-9)16(20)17-11-3-2-4-12(21)8-11;7-5-1-2-6(8)4-3-5/h2-9,21H,1H3,(H,17,20)(H,18,19);1-4H,7-8H2. The molecule has 0 radical (unpaired) electrons. The number of hydrogen-bond donors (Lipinski definition) is 5. The van der Waals surface area contributed by atoms with Crippen molar-refractivity contribution in [2.75, 3.05) is 22.1 Å². The number of nitrogens with two attached hydrogens (primary N) is 2. The van der Waals surface area contributed by atoms with Crippen molar-refractivity contribution in [1.82, 2.24) is 0 Å². The molecule has 3 aromatic rings. The van der Waals surface area contributed by atoms with Gasteiger partial charge < -0.3 is 22.1 Å². The second kappa shape index (κ2) is 9.60. The summed E-state index contributed by atoms with van der Waals surface area (Å²) in [5.41, 5.74) is 14.1. The van der Waals surface area contributed by atoms with Gasteiger partial charge >= 0.3 is 0 Å². The summed E-state index contributed by atoms with van der Waals surface area (Å²) in [6, 6.07) is 19.7. The van der Waals surface area contributed by atoms with Crippen molar-refractivity contribution in [3.05, 3.63) is 72.3 Å². The molecule has 2 amide bonds. The molecule has 0 aromatic heterocycles. The summed E-state index contributed by atoms with van der Waals surface area (Å²) in [5, 5.41) is 5.52. The van der Waals surface area contributed by atoms with E-state index in [2.05, 4.69) is 23.3 Å². The third kappa shape index (κ3) is 5.71. The van der Waals surface area contributed by atoms with Gasteiger partial charge in [0.15, 0.2) is 0 Å². The molecular formula is C22H22N4O2S2. The summed E-state index contributed by atoms with van der Waals surface area (Å²) in [6.07, 6.45) is 0. The van der Waals surface area contributed by atoms with Gasteiger partial charge in [-0.2, -0.15) is 0 Å². The summed E-state index contributed by atoms with van der Waals surface area (Å²) in [4.78, 5) is 25.8. The Bertz CT molecular complexity index is 1050. The lowest BCUT2D eigenvalue weighted by atomic mass is 10.1. The highest BCUT2D eigenvalue weighted by molar-refractivity contribution is 8.00. The second-order valence-corrected chi connectivity index (χ2v) is 8.53. The second-order valence-electron chi connectivity index (χ2n) is 6.63. The molecule has 8 heteroatoms. The predicted molar refractivity (Wildman–Crippen MR) is 127 cm³/mol. The van der Waals surface area contributed by atoms with Crippen LogP contribution in [0.1, 0.15) is 17.3 Å². The summed E-state index contributed by atoms with van der Waals surface area (Å²) >= 11 is 5.74. The van der Waals surface area contributed by atoms with Crippen LogP contribution < -0.4 is 22.1 Å². The summed E-state index contributed by atoms with van der Waals surface area (Å²) in [5.74, 6) is -0.266. The topological polar surface area (TPSA) is 110 Å². The SMILES string of the molecule is CC1Sc2ccc(C(=O)Nc3cccc(S)c3)cc2NC1=O.Nc1ccc(N)cc1. The number of hydrogen-bond acceptors (Lipinski definition) is 6. The molecule has 0 aliphatic carbocycles. The fourth-order valence-electron chi connectivity index (χ4n) is 2.63. The van der Waals surface area contributed by atoms with Crippen LogP contribution >= 0.6 is 24.4 Å². The third-order valence-corrected chi connectivity index (χ3v) is 5.67. The summed E-state index contributed by atoms with van der Waals surface area (Å²) < 4.78 is 0. The van der Waals surface area contributed by atoms with E-state index in [9.17, 15) is 9.59 Å². The lowest BCUT2D eigenvalue weighted by Crippen LogP contribution is -2.26. The number of nitrogens with one attached hydrogen (secondary N) is 2. The Kier molecular flexibility index (Phi) is 6.91. The van der Waals surface area contributed by atoms with Gasteiger partial charge in [-0.3, -0.25) is 9.59 Å². The Labute approximate surface area is 184 Å². The molecule has 1 aliphatic heterocycles. The number of benzene rings is 3. The minimum absolute atomic E-state index is 0.0437. The van der Waals surface area contributed by atoms with E-state index in [0.29, 0.717) is 16.9 Å². The maximum absolute atomic E-state index is 12.3. The Hall–Kier alpha value is -3.10. The lowest BCUT2D eigenvalue weighted by molar-refractivity contribution is -0.115. The van der Waals surface area contributed by atoms with Crippen LogP contribution in [0.4, 0.5) is 22.7 Å². The van der Waals surface area contributed by atoms with Crippen molar-refractivity contribution in [3.8, 4) is 0 Å². The van der Waals surface area contributed by atoms with Crippen molar-refractivity contribution in [3.63, 3.8) is 0 Å². The van der Waals surface area contributed by atoms with Crippen molar-refractivity contribution in [2.24, 2.45) is 0 Å². The zero-order valence-electron chi connectivity index (χ0n) is 16.3. The van der Waals surface area contributed by atoms with Gasteiger partial charge in [-0.15, -0.1) is 24.4 Å². The van der Waals surface area contributed by atoms with Gasteiger partial charge in [0, 0.05) is 32.4 Å². The van der Waals surface area contributed by atoms with Crippen LogP contribution in [0, 0.1) is 0 Å². The Morgan fingerprint density at radius 3 is 2.33 bits per heavy atom. The fourth-order valence-corrected chi connectivity index (χ4v) is 3.79. The highest BCUT2D eigenvalue weighted by Gasteiger charge is 2.23. The number of thiol groups is 1. The van der Waals surface area contributed by atoms with E-state index < -0.39 is 0 Å². The van der Waals surface area contributed by atoms with Crippen LogP contribution in [0.2, 0.25) is 0 Å². The predicted octanol–water partition coefficient (Wildman–Crippen LogP) is 4.51. The first kappa shape index (κ1) is 21.6. The van der Waals surface area contributed by atoms with Crippen LogP contribution in [0.3, 0.4) is 0 Å². The first-order chi connectivity index (χ1) is 14.3. The number of carbonyl (C=O) groups excluding carboxylic acids is 2. The number of anilines is 4. The zero-order chi connectivity index (χ0) is 21.7. The normalized spacial score (nSPS) is 14.6. The molecular weight excluding hydrogens is 416 g/mol. The molecule has 0 saturated carbocycles. The molecule has 0 spiro atoms. The molecule has 4 rings (SSSR count). The quantitative estimate of drug-likeness (QED) is 0.299. The van der Waals surface area contributed by atoms with E-state index in [1.54, 1.807) is 48.5 Å². The summed E-state index contributed by atoms with van der Waals surface area (Å²) in [7, 11) is 0. The molecule has 1 heterocycles. The van der Waals surface area contributed by atoms with Crippen molar-refractivity contribution in [1.29, 1.82) is 0 Å². The minimum Gasteiger partial charge on any atom is -0.399 e. The highest BCUT2D eigenvalue weighted by atomic mass is 32.2. The van der Waals surface area contributed by atoms with E-state index in [1.165, 1.54) is 11.8 Å². The Balaban J connectivity index is 0.000000269. The van der Waals surface area contributed by atoms with E-state index in [-0.39, 0.29) is 17.1 Å². The third-order valence-electron chi connectivity index (χ3n) is 4.21. The Morgan fingerprint density at radius 1 is 1.03 bits per heavy atom. The minimum atomic E-state index is -0.223. The largest absolute Gasteiger partial charge is 0.399 e. The Morgan fingerprint density at radius 2 is 1.70 bits per heavy atom. The molecule has 1 aliphatic rings. The molecule has 6 N–H and O–H groups in total. The van der Waals surface area contributed by atoms with Crippen LogP contribution in [0.15, 0.2) is 76.5 Å². The molecule has 0 fully saturated rings. The van der Waals surface area contributed by atoms with Crippen LogP contribution in [-0.2, 0) is 4.79 Å². The molecule has 30 heavy (non-hydrogen) atoms. The van der Waals surface area contributed by atoms with Gasteiger partial charge in [0.25, 0.3) is 5.91 Å². The van der Waals surface area contributed by atoms with Gasteiger partial charge in [0.05, 0.1) is 10.9 Å². The molecule has 154 valence electrons. The van der Waals surface area contributed by atoms with Crippen molar-refractivity contribution in [2.45, 2.75) is 22.0 Å².